The van der Waals surface area contributed by atoms with Crippen LogP contribution in [0.2, 0.25) is 0 Å². The Bertz CT molecular complexity index is 681. The first-order valence-electron chi connectivity index (χ1n) is 6.90. The monoisotopic (exact) mass is 315 g/mol. The molecule has 7 nitrogen and oxygen atoms in total. The second-order valence-corrected chi connectivity index (χ2v) is 5.03. The van der Waals surface area contributed by atoms with Gasteiger partial charge in [0.25, 0.3) is 11.6 Å². The summed E-state index contributed by atoms with van der Waals surface area (Å²) in [5.74, 6) is 0.0923. The van der Waals surface area contributed by atoms with E-state index in [2.05, 4.69) is 5.32 Å². The summed E-state index contributed by atoms with van der Waals surface area (Å²) >= 11 is 0. The summed E-state index contributed by atoms with van der Waals surface area (Å²) in [6, 6.07) is 13.0. The van der Waals surface area contributed by atoms with E-state index in [1.54, 1.807) is 12.1 Å². The molecule has 0 aliphatic carbocycles. The van der Waals surface area contributed by atoms with E-state index >= 15 is 0 Å². The smallest absolute Gasteiger partial charge is 0.269 e. The minimum atomic E-state index is -0.492. The van der Waals surface area contributed by atoms with Gasteiger partial charge in [0.1, 0.15) is 5.75 Å². The second kappa shape index (κ2) is 7.26. The Morgan fingerprint density at radius 3 is 2.26 bits per heavy atom. The zero-order valence-electron chi connectivity index (χ0n) is 12.9. The lowest BCUT2D eigenvalue weighted by Crippen LogP contribution is -2.20. The normalized spacial score (nSPS) is 10.0. The molecule has 0 aliphatic rings. The highest BCUT2D eigenvalue weighted by molar-refractivity contribution is 5.92. The highest BCUT2D eigenvalue weighted by Gasteiger charge is 2.07. The molecule has 0 saturated carbocycles. The Kier molecular flexibility index (Phi) is 5.14. The first-order chi connectivity index (χ1) is 11.0. The molecule has 0 radical (unpaired) electrons. The maximum absolute atomic E-state index is 11.8. The largest absolute Gasteiger partial charge is 0.484 e. The highest BCUT2D eigenvalue weighted by Crippen LogP contribution is 2.18. The maximum atomic E-state index is 11.8. The Hall–Kier alpha value is -3.09. The van der Waals surface area contributed by atoms with Gasteiger partial charge in [0, 0.05) is 37.6 Å². The third kappa shape index (κ3) is 4.70. The van der Waals surface area contributed by atoms with Gasteiger partial charge in [-0.15, -0.1) is 0 Å². The van der Waals surface area contributed by atoms with Crippen molar-refractivity contribution in [1.29, 1.82) is 0 Å². The summed E-state index contributed by atoms with van der Waals surface area (Å²) in [7, 11) is 3.87. The van der Waals surface area contributed by atoms with Crippen LogP contribution < -0.4 is 15.0 Å². The summed E-state index contributed by atoms with van der Waals surface area (Å²) in [5, 5.41) is 13.3. The molecule has 120 valence electrons. The van der Waals surface area contributed by atoms with Crippen LogP contribution in [0.5, 0.6) is 5.75 Å². The van der Waals surface area contributed by atoms with E-state index in [1.165, 1.54) is 24.3 Å². The SMILES string of the molecule is CN(C)c1ccc(NC(=O)COc2ccc([N+](=O)[O-])cc2)cc1. The minimum absolute atomic E-state index is 0.0252. The summed E-state index contributed by atoms with van der Waals surface area (Å²) in [4.78, 5) is 23.8. The van der Waals surface area contributed by atoms with Crippen LogP contribution in [0.15, 0.2) is 48.5 Å². The molecule has 0 aliphatic heterocycles. The fourth-order valence-corrected chi connectivity index (χ4v) is 1.85. The van der Waals surface area contributed by atoms with Gasteiger partial charge in [0.05, 0.1) is 4.92 Å². The fourth-order valence-electron chi connectivity index (χ4n) is 1.85. The Morgan fingerprint density at radius 2 is 1.74 bits per heavy atom. The highest BCUT2D eigenvalue weighted by atomic mass is 16.6. The first kappa shape index (κ1) is 16.3. The number of hydrogen-bond donors (Lipinski definition) is 1. The van der Waals surface area contributed by atoms with Gasteiger partial charge in [-0.1, -0.05) is 0 Å². The van der Waals surface area contributed by atoms with Crippen LogP contribution in [-0.2, 0) is 4.79 Å². The van der Waals surface area contributed by atoms with E-state index in [0.717, 1.165) is 5.69 Å². The number of nitrogens with zero attached hydrogens (tertiary/aromatic N) is 2. The average molecular weight is 315 g/mol. The number of carbonyl (C=O) groups excluding carboxylic acids is 1. The van der Waals surface area contributed by atoms with Gasteiger partial charge in [0.2, 0.25) is 0 Å². The van der Waals surface area contributed by atoms with E-state index in [0.29, 0.717) is 11.4 Å². The first-order valence-corrected chi connectivity index (χ1v) is 6.90. The number of nitro groups is 1. The van der Waals surface area contributed by atoms with E-state index in [4.69, 9.17) is 4.74 Å². The quantitative estimate of drug-likeness (QED) is 0.654. The van der Waals surface area contributed by atoms with Crippen LogP contribution in [0.4, 0.5) is 17.1 Å². The zero-order chi connectivity index (χ0) is 16.8. The number of anilines is 2. The molecule has 1 amide bonds. The van der Waals surface area contributed by atoms with Crippen LogP contribution >= 0.6 is 0 Å². The van der Waals surface area contributed by atoms with E-state index in [1.807, 2.05) is 31.1 Å². The van der Waals surface area contributed by atoms with Gasteiger partial charge in [-0.3, -0.25) is 14.9 Å². The molecular weight excluding hydrogens is 298 g/mol. The van der Waals surface area contributed by atoms with Crippen molar-refractivity contribution in [3.05, 3.63) is 58.6 Å². The standard InChI is InChI=1S/C16H17N3O4/c1-18(2)13-5-3-12(4-6-13)17-16(20)11-23-15-9-7-14(8-10-15)19(21)22/h3-10H,11H2,1-2H3,(H,17,20). The van der Waals surface area contributed by atoms with Gasteiger partial charge in [0.15, 0.2) is 6.61 Å². The summed E-state index contributed by atoms with van der Waals surface area (Å²) in [5.41, 5.74) is 1.68. The molecule has 0 bridgehead atoms. The molecule has 0 unspecified atom stereocenters. The Labute approximate surface area is 133 Å². The Balaban J connectivity index is 1.86. The van der Waals surface area contributed by atoms with Gasteiger partial charge in [-0.2, -0.15) is 0 Å². The molecule has 23 heavy (non-hydrogen) atoms. The predicted molar refractivity (Wildman–Crippen MR) is 88.0 cm³/mol. The van der Waals surface area contributed by atoms with Crippen molar-refractivity contribution in [3.8, 4) is 5.75 Å². The van der Waals surface area contributed by atoms with Crippen molar-refractivity contribution < 1.29 is 14.5 Å². The summed E-state index contributed by atoms with van der Waals surface area (Å²) < 4.78 is 5.29. The van der Waals surface area contributed by atoms with Crippen molar-refractivity contribution in [2.45, 2.75) is 0 Å². The molecule has 0 saturated heterocycles. The van der Waals surface area contributed by atoms with Crippen molar-refractivity contribution in [1.82, 2.24) is 0 Å². The number of nitro benzene ring substituents is 1. The molecule has 0 heterocycles. The predicted octanol–water partition coefficient (Wildman–Crippen LogP) is 2.68. The lowest BCUT2D eigenvalue weighted by atomic mass is 10.2. The van der Waals surface area contributed by atoms with Crippen LogP contribution in [0, 0.1) is 10.1 Å². The second-order valence-electron chi connectivity index (χ2n) is 5.03. The number of nitrogens with one attached hydrogen (secondary N) is 1. The molecule has 2 rings (SSSR count). The lowest BCUT2D eigenvalue weighted by Gasteiger charge is -2.13. The molecule has 0 atom stereocenters. The third-order valence-corrected chi connectivity index (χ3v) is 3.08. The molecular formula is C16H17N3O4. The maximum Gasteiger partial charge on any atom is 0.269 e. The van der Waals surface area contributed by atoms with Crippen LogP contribution in [0.25, 0.3) is 0 Å². The van der Waals surface area contributed by atoms with Crippen LogP contribution in [0.1, 0.15) is 0 Å². The average Bonchev–Trinajstić information content (AvgIpc) is 2.54. The molecule has 7 heteroatoms. The van der Waals surface area contributed by atoms with Gasteiger partial charge >= 0.3 is 0 Å². The number of amides is 1. The van der Waals surface area contributed by atoms with Crippen molar-refractivity contribution >= 4 is 23.0 Å². The number of hydrogen-bond acceptors (Lipinski definition) is 5. The number of non-ortho nitro benzene ring substituents is 1. The van der Waals surface area contributed by atoms with Gasteiger partial charge in [-0.25, -0.2) is 0 Å². The number of ether oxygens (including phenoxy) is 1. The van der Waals surface area contributed by atoms with Gasteiger partial charge < -0.3 is 15.0 Å². The van der Waals surface area contributed by atoms with Crippen LogP contribution in [0.3, 0.4) is 0 Å². The van der Waals surface area contributed by atoms with Crippen molar-refractivity contribution in [2.75, 3.05) is 30.9 Å². The molecule has 2 aromatic carbocycles. The summed E-state index contributed by atoms with van der Waals surface area (Å²) in [6.07, 6.45) is 0. The molecule has 2 aromatic rings. The Morgan fingerprint density at radius 1 is 1.13 bits per heavy atom. The van der Waals surface area contributed by atoms with E-state index in [9.17, 15) is 14.9 Å². The van der Waals surface area contributed by atoms with Crippen LogP contribution in [-0.4, -0.2) is 31.5 Å². The summed E-state index contributed by atoms with van der Waals surface area (Å²) in [6.45, 7) is -0.173. The number of benzene rings is 2. The third-order valence-electron chi connectivity index (χ3n) is 3.08. The lowest BCUT2D eigenvalue weighted by molar-refractivity contribution is -0.384. The molecule has 1 N–H and O–H groups in total. The molecule has 0 aromatic heterocycles. The number of rotatable bonds is 6. The molecule has 0 fully saturated rings. The van der Waals surface area contributed by atoms with E-state index < -0.39 is 4.92 Å². The minimum Gasteiger partial charge on any atom is -0.484 e. The zero-order valence-corrected chi connectivity index (χ0v) is 12.9. The number of carbonyl (C=O) groups is 1. The van der Waals surface area contributed by atoms with Crippen molar-refractivity contribution in [2.24, 2.45) is 0 Å². The van der Waals surface area contributed by atoms with Crippen molar-refractivity contribution in [3.63, 3.8) is 0 Å². The molecule has 0 spiro atoms. The van der Waals surface area contributed by atoms with Gasteiger partial charge in [-0.05, 0) is 36.4 Å². The topological polar surface area (TPSA) is 84.7 Å². The fraction of sp³-hybridized carbons (Fsp3) is 0.188. The van der Waals surface area contributed by atoms with E-state index in [-0.39, 0.29) is 18.2 Å².